The Morgan fingerprint density at radius 1 is 0.939 bits per heavy atom. The van der Waals surface area contributed by atoms with Gasteiger partial charge >= 0.3 is 0 Å². The summed E-state index contributed by atoms with van der Waals surface area (Å²) in [6, 6.07) is 23.7. The van der Waals surface area contributed by atoms with Gasteiger partial charge < -0.3 is 19.7 Å². The summed E-state index contributed by atoms with van der Waals surface area (Å²) in [7, 11) is 1.66. The monoisotopic (exact) mass is 442 g/mol. The van der Waals surface area contributed by atoms with Gasteiger partial charge in [-0.3, -0.25) is 9.59 Å². The van der Waals surface area contributed by atoms with E-state index in [4.69, 9.17) is 9.47 Å². The molecule has 2 aliphatic rings. The van der Waals surface area contributed by atoms with E-state index in [9.17, 15) is 9.59 Å². The van der Waals surface area contributed by atoms with Gasteiger partial charge in [-0.2, -0.15) is 0 Å². The van der Waals surface area contributed by atoms with Crippen LogP contribution < -0.4 is 14.8 Å². The molecule has 1 fully saturated rings. The van der Waals surface area contributed by atoms with Gasteiger partial charge in [-0.15, -0.1) is 0 Å². The number of rotatable bonds is 5. The zero-order valence-corrected chi connectivity index (χ0v) is 18.5. The van der Waals surface area contributed by atoms with E-state index < -0.39 is 5.41 Å². The van der Waals surface area contributed by atoms with Crippen molar-refractivity contribution in [2.45, 2.75) is 12.8 Å². The van der Waals surface area contributed by atoms with Gasteiger partial charge in [0.1, 0.15) is 0 Å². The van der Waals surface area contributed by atoms with Crippen LogP contribution in [-0.4, -0.2) is 43.6 Å². The Bertz CT molecular complexity index is 1190. The molecule has 0 bridgehead atoms. The fourth-order valence-corrected chi connectivity index (χ4v) is 4.82. The minimum absolute atomic E-state index is 0.0337. The molecule has 1 N–H and O–H groups in total. The van der Waals surface area contributed by atoms with Crippen LogP contribution in [0.2, 0.25) is 0 Å². The zero-order valence-electron chi connectivity index (χ0n) is 18.5. The van der Waals surface area contributed by atoms with E-state index in [-0.39, 0.29) is 18.6 Å². The number of amides is 2. The number of ether oxygens (including phenoxy) is 2. The molecule has 2 amide bonds. The first-order chi connectivity index (χ1) is 16.1. The SMILES string of the molecule is CNC(=O)C1(Cc2cccc(-c3ccccc3)c2)CCN(C(=O)c2ccc3c(c2)OCO3)C1. The Morgan fingerprint density at radius 3 is 2.55 bits per heavy atom. The summed E-state index contributed by atoms with van der Waals surface area (Å²) in [5.74, 6) is 1.09. The third-order valence-electron chi connectivity index (χ3n) is 6.55. The lowest BCUT2D eigenvalue weighted by Crippen LogP contribution is -2.44. The summed E-state index contributed by atoms with van der Waals surface area (Å²) in [4.78, 5) is 28.1. The van der Waals surface area contributed by atoms with Gasteiger partial charge in [-0.1, -0.05) is 54.6 Å². The Morgan fingerprint density at radius 2 is 1.73 bits per heavy atom. The lowest BCUT2D eigenvalue weighted by atomic mass is 9.79. The third kappa shape index (κ3) is 4.04. The van der Waals surface area contributed by atoms with Crippen molar-refractivity contribution < 1.29 is 19.1 Å². The lowest BCUT2D eigenvalue weighted by Gasteiger charge is -2.28. The van der Waals surface area contributed by atoms with Gasteiger partial charge in [0.15, 0.2) is 11.5 Å². The van der Waals surface area contributed by atoms with Crippen molar-refractivity contribution in [3.8, 4) is 22.6 Å². The Hall–Kier alpha value is -3.80. The molecule has 0 saturated carbocycles. The average Bonchev–Trinajstić information content (AvgIpc) is 3.51. The van der Waals surface area contributed by atoms with Gasteiger partial charge in [-0.25, -0.2) is 0 Å². The molecule has 1 unspecified atom stereocenters. The van der Waals surface area contributed by atoms with E-state index in [0.717, 1.165) is 16.7 Å². The molecule has 0 aromatic heterocycles. The molecule has 0 spiro atoms. The highest BCUT2D eigenvalue weighted by Crippen LogP contribution is 2.38. The van der Waals surface area contributed by atoms with Gasteiger partial charge in [-0.05, 0) is 47.7 Å². The number of benzene rings is 3. The second kappa shape index (κ2) is 8.62. The summed E-state index contributed by atoms with van der Waals surface area (Å²) >= 11 is 0. The van der Waals surface area contributed by atoms with Crippen molar-refractivity contribution in [1.82, 2.24) is 10.2 Å². The van der Waals surface area contributed by atoms with E-state index in [1.165, 1.54) is 0 Å². The quantitative estimate of drug-likeness (QED) is 0.651. The van der Waals surface area contributed by atoms with Crippen molar-refractivity contribution in [3.63, 3.8) is 0 Å². The molecule has 3 aromatic carbocycles. The van der Waals surface area contributed by atoms with Gasteiger partial charge in [0.25, 0.3) is 5.91 Å². The van der Waals surface area contributed by atoms with Crippen LogP contribution in [0.15, 0.2) is 72.8 Å². The van der Waals surface area contributed by atoms with Crippen molar-refractivity contribution in [2.24, 2.45) is 5.41 Å². The van der Waals surface area contributed by atoms with Crippen LogP contribution in [0.3, 0.4) is 0 Å². The van der Waals surface area contributed by atoms with Crippen molar-refractivity contribution in [2.75, 3.05) is 26.9 Å². The molecule has 5 rings (SSSR count). The van der Waals surface area contributed by atoms with E-state index in [1.54, 1.807) is 30.1 Å². The minimum atomic E-state index is -0.671. The van der Waals surface area contributed by atoms with E-state index >= 15 is 0 Å². The smallest absolute Gasteiger partial charge is 0.254 e. The topological polar surface area (TPSA) is 67.9 Å². The van der Waals surface area contributed by atoms with Gasteiger partial charge in [0.2, 0.25) is 12.7 Å². The molecule has 2 heterocycles. The fourth-order valence-electron chi connectivity index (χ4n) is 4.82. The highest BCUT2D eigenvalue weighted by atomic mass is 16.7. The molecule has 6 nitrogen and oxygen atoms in total. The van der Waals surface area contributed by atoms with E-state index in [1.807, 2.05) is 24.3 Å². The lowest BCUT2D eigenvalue weighted by molar-refractivity contribution is -0.129. The van der Waals surface area contributed by atoms with E-state index in [2.05, 4.69) is 35.6 Å². The van der Waals surface area contributed by atoms with Crippen LogP contribution in [0.25, 0.3) is 11.1 Å². The Labute approximate surface area is 193 Å². The number of likely N-dealkylation sites (tertiary alicyclic amines) is 1. The number of hydrogen-bond acceptors (Lipinski definition) is 4. The molecule has 0 radical (unpaired) electrons. The second-order valence-electron chi connectivity index (χ2n) is 8.65. The second-order valence-corrected chi connectivity index (χ2v) is 8.65. The molecule has 1 atom stereocenters. The maximum Gasteiger partial charge on any atom is 0.254 e. The number of fused-ring (bicyclic) bond motifs is 1. The van der Waals surface area contributed by atoms with Gasteiger partial charge in [0, 0.05) is 25.7 Å². The van der Waals surface area contributed by atoms with Crippen molar-refractivity contribution in [1.29, 1.82) is 0 Å². The molecule has 0 aliphatic carbocycles. The first-order valence-corrected chi connectivity index (χ1v) is 11.1. The number of nitrogens with zero attached hydrogens (tertiary/aromatic N) is 1. The first-order valence-electron chi connectivity index (χ1n) is 11.1. The fraction of sp³-hybridized carbons (Fsp3) is 0.259. The number of nitrogens with one attached hydrogen (secondary N) is 1. The average molecular weight is 443 g/mol. The van der Waals surface area contributed by atoms with Crippen LogP contribution in [0.5, 0.6) is 11.5 Å². The van der Waals surface area contributed by atoms with E-state index in [0.29, 0.717) is 43.0 Å². The maximum atomic E-state index is 13.2. The first kappa shape index (κ1) is 21.1. The summed E-state index contributed by atoms with van der Waals surface area (Å²) in [6.45, 7) is 1.06. The molecule has 2 aliphatic heterocycles. The zero-order chi connectivity index (χ0) is 22.8. The molecule has 6 heteroatoms. The van der Waals surface area contributed by atoms with Crippen LogP contribution in [-0.2, 0) is 11.2 Å². The minimum Gasteiger partial charge on any atom is -0.454 e. The molecular formula is C27H26N2O4. The van der Waals surface area contributed by atoms with Crippen LogP contribution in [0, 0.1) is 5.41 Å². The summed E-state index contributed by atoms with van der Waals surface area (Å²) in [6.07, 6.45) is 1.18. The predicted molar refractivity (Wildman–Crippen MR) is 125 cm³/mol. The summed E-state index contributed by atoms with van der Waals surface area (Å²) < 4.78 is 10.8. The van der Waals surface area contributed by atoms with Gasteiger partial charge in [0.05, 0.1) is 5.41 Å². The highest BCUT2D eigenvalue weighted by molar-refractivity contribution is 5.96. The van der Waals surface area contributed by atoms with Crippen LogP contribution in [0.1, 0.15) is 22.3 Å². The number of hydrogen-bond donors (Lipinski definition) is 1. The molecule has 168 valence electrons. The number of carbonyl (C=O) groups excluding carboxylic acids is 2. The van der Waals surface area contributed by atoms with Crippen molar-refractivity contribution in [3.05, 3.63) is 83.9 Å². The standard InChI is InChI=1S/C27H26N2O4/c1-28-26(31)27(16-19-6-5-9-21(14-19)20-7-3-2-4-8-20)12-13-29(17-27)25(30)22-10-11-23-24(15-22)33-18-32-23/h2-11,14-15H,12-13,16-18H2,1H3,(H,28,31). The van der Waals surface area contributed by atoms with Crippen LogP contribution >= 0.6 is 0 Å². The molecule has 33 heavy (non-hydrogen) atoms. The Balaban J connectivity index is 1.38. The third-order valence-corrected chi connectivity index (χ3v) is 6.55. The largest absolute Gasteiger partial charge is 0.454 e. The maximum absolute atomic E-state index is 13.2. The van der Waals surface area contributed by atoms with Crippen molar-refractivity contribution >= 4 is 11.8 Å². The summed E-state index contributed by atoms with van der Waals surface area (Å²) in [5, 5.41) is 2.83. The summed E-state index contributed by atoms with van der Waals surface area (Å²) in [5.41, 5.74) is 3.21. The molecular weight excluding hydrogens is 416 g/mol. The highest BCUT2D eigenvalue weighted by Gasteiger charge is 2.45. The molecule has 3 aromatic rings. The Kier molecular flexibility index (Phi) is 5.50. The number of carbonyl (C=O) groups is 2. The van der Waals surface area contributed by atoms with Crippen LogP contribution in [0.4, 0.5) is 0 Å². The predicted octanol–water partition coefficient (Wildman–Crippen LogP) is 3.90. The normalized spacial score (nSPS) is 18.9. The molecule has 1 saturated heterocycles.